The standard InChI is InChI=1S/C13H26O11S2/c1-3-5-7-20-10-12(9-14,11-21-8-6-4-2)13(15)22-25(16,17)24-26(18,19)23-13/h14-15H,3-11H2,1-2H3. The zero-order chi connectivity index (χ0) is 19.9. The molecule has 1 heterocycles. The second kappa shape index (κ2) is 9.71. The van der Waals surface area contributed by atoms with Gasteiger partial charge in [-0.25, -0.2) is 0 Å². The molecule has 156 valence electrons. The van der Waals surface area contributed by atoms with Crippen molar-refractivity contribution in [3.63, 3.8) is 0 Å². The SMILES string of the molecule is CCCCOCC(CO)(COCCCC)C1(O)OS(=O)(=O)OS(=O)(=O)O1. The van der Waals surface area contributed by atoms with Crippen LogP contribution in [0.15, 0.2) is 0 Å². The Labute approximate surface area is 153 Å². The summed E-state index contributed by atoms with van der Waals surface area (Å²) in [6.45, 7) is 2.33. The average Bonchev–Trinajstić information content (AvgIpc) is 2.50. The first-order valence-corrected chi connectivity index (χ1v) is 10.8. The van der Waals surface area contributed by atoms with E-state index in [1.54, 1.807) is 0 Å². The van der Waals surface area contributed by atoms with E-state index in [2.05, 4.69) is 12.0 Å². The summed E-state index contributed by atoms with van der Waals surface area (Å²) in [5, 5.41) is 20.4. The van der Waals surface area contributed by atoms with Crippen molar-refractivity contribution < 1.29 is 48.5 Å². The third kappa shape index (κ3) is 6.35. The second-order valence-electron chi connectivity index (χ2n) is 5.88. The van der Waals surface area contributed by atoms with Crippen molar-refractivity contribution in [3.05, 3.63) is 0 Å². The minimum absolute atomic E-state index is 0.222. The lowest BCUT2D eigenvalue weighted by Gasteiger charge is -2.43. The monoisotopic (exact) mass is 422 g/mol. The maximum Gasteiger partial charge on any atom is 0.420 e. The van der Waals surface area contributed by atoms with Gasteiger partial charge in [-0.1, -0.05) is 26.7 Å². The molecule has 0 bridgehead atoms. The van der Waals surface area contributed by atoms with Gasteiger partial charge in [0.1, 0.15) is 5.41 Å². The van der Waals surface area contributed by atoms with E-state index in [9.17, 15) is 27.0 Å². The van der Waals surface area contributed by atoms with Crippen LogP contribution in [0.5, 0.6) is 0 Å². The highest BCUT2D eigenvalue weighted by Crippen LogP contribution is 2.41. The van der Waals surface area contributed by atoms with E-state index in [0.717, 1.165) is 12.8 Å². The van der Waals surface area contributed by atoms with Gasteiger partial charge in [0.15, 0.2) is 0 Å². The Kier molecular flexibility index (Phi) is 8.83. The number of hydrogen-bond donors (Lipinski definition) is 2. The van der Waals surface area contributed by atoms with Gasteiger partial charge >= 0.3 is 26.8 Å². The molecule has 0 aromatic rings. The van der Waals surface area contributed by atoms with Gasteiger partial charge in [-0.3, -0.25) is 0 Å². The molecule has 0 saturated carbocycles. The van der Waals surface area contributed by atoms with E-state index in [4.69, 9.17) is 9.47 Å². The summed E-state index contributed by atoms with van der Waals surface area (Å²) in [5.74, 6) is -3.30. The zero-order valence-corrected chi connectivity index (χ0v) is 16.4. The number of ether oxygens (including phenoxy) is 2. The van der Waals surface area contributed by atoms with Crippen LogP contribution in [-0.4, -0.2) is 66.1 Å². The second-order valence-corrected chi connectivity index (χ2v) is 8.39. The number of rotatable bonds is 12. The molecule has 1 saturated heterocycles. The molecule has 11 nitrogen and oxygen atoms in total. The molecular formula is C13H26O11S2. The number of aliphatic hydroxyl groups is 2. The van der Waals surface area contributed by atoms with Crippen LogP contribution in [0.2, 0.25) is 0 Å². The Balaban J connectivity index is 3.13. The van der Waals surface area contributed by atoms with Crippen molar-refractivity contribution in [1.82, 2.24) is 0 Å². The smallest absolute Gasteiger partial charge is 0.395 e. The van der Waals surface area contributed by atoms with Crippen LogP contribution in [0.1, 0.15) is 39.5 Å². The van der Waals surface area contributed by atoms with Crippen LogP contribution in [0.4, 0.5) is 0 Å². The van der Waals surface area contributed by atoms with Crippen LogP contribution in [0.25, 0.3) is 0 Å². The van der Waals surface area contributed by atoms with Gasteiger partial charge in [-0.05, 0) is 12.8 Å². The highest BCUT2D eigenvalue weighted by molar-refractivity contribution is 7.95. The number of hydrogen-bond acceptors (Lipinski definition) is 11. The first-order chi connectivity index (χ1) is 12.1. The predicted octanol–water partition coefficient (Wildman–Crippen LogP) is -0.202. The minimum Gasteiger partial charge on any atom is -0.395 e. The molecule has 0 aromatic carbocycles. The fourth-order valence-corrected chi connectivity index (χ4v) is 4.10. The van der Waals surface area contributed by atoms with Gasteiger partial charge in [-0.15, -0.1) is 3.63 Å². The predicted molar refractivity (Wildman–Crippen MR) is 87.0 cm³/mol. The van der Waals surface area contributed by atoms with E-state index in [0.29, 0.717) is 12.8 Å². The van der Waals surface area contributed by atoms with E-state index >= 15 is 0 Å². The van der Waals surface area contributed by atoms with Gasteiger partial charge in [0, 0.05) is 13.2 Å². The molecule has 0 unspecified atom stereocenters. The highest BCUT2D eigenvalue weighted by atomic mass is 32.3. The topological polar surface area (TPSA) is 155 Å². The summed E-state index contributed by atoms with van der Waals surface area (Å²) in [6.07, 6.45) is 2.90. The van der Waals surface area contributed by atoms with Crippen LogP contribution in [-0.2, 0) is 42.3 Å². The highest BCUT2D eigenvalue weighted by Gasteiger charge is 2.63. The first kappa shape index (κ1) is 23.7. The lowest BCUT2D eigenvalue weighted by molar-refractivity contribution is -0.366. The molecule has 0 amide bonds. The Morgan fingerprint density at radius 1 is 0.923 bits per heavy atom. The van der Waals surface area contributed by atoms with E-state index in [-0.39, 0.29) is 13.2 Å². The molecule has 0 atom stereocenters. The molecule has 13 heteroatoms. The Morgan fingerprint density at radius 2 is 1.35 bits per heavy atom. The van der Waals surface area contributed by atoms with E-state index < -0.39 is 52.0 Å². The van der Waals surface area contributed by atoms with Gasteiger partial charge in [0.25, 0.3) is 0 Å². The van der Waals surface area contributed by atoms with Crippen molar-refractivity contribution in [1.29, 1.82) is 0 Å². The molecule has 26 heavy (non-hydrogen) atoms. The quantitative estimate of drug-likeness (QED) is 0.402. The average molecular weight is 422 g/mol. The summed E-state index contributed by atoms with van der Waals surface area (Å²) < 4.78 is 69.3. The van der Waals surface area contributed by atoms with Crippen molar-refractivity contribution in [2.24, 2.45) is 5.41 Å². The Morgan fingerprint density at radius 3 is 1.69 bits per heavy atom. The summed E-state index contributed by atoms with van der Waals surface area (Å²) in [6, 6.07) is 0. The molecule has 1 fully saturated rings. The fraction of sp³-hybridized carbons (Fsp3) is 1.00. The fourth-order valence-electron chi connectivity index (χ4n) is 2.04. The van der Waals surface area contributed by atoms with Gasteiger partial charge in [0.2, 0.25) is 0 Å². The van der Waals surface area contributed by atoms with Crippen molar-refractivity contribution in [3.8, 4) is 0 Å². The summed E-state index contributed by atoms with van der Waals surface area (Å²) in [7, 11) is -10.3. The maximum atomic E-state index is 11.6. The van der Waals surface area contributed by atoms with Crippen LogP contribution >= 0.6 is 0 Å². The largest absolute Gasteiger partial charge is 0.420 e. The van der Waals surface area contributed by atoms with E-state index in [1.807, 2.05) is 13.8 Å². The van der Waals surface area contributed by atoms with Crippen LogP contribution in [0.3, 0.4) is 0 Å². The van der Waals surface area contributed by atoms with Crippen molar-refractivity contribution in [2.45, 2.75) is 45.5 Å². The number of aliphatic hydroxyl groups excluding tert-OH is 1. The van der Waals surface area contributed by atoms with Crippen LogP contribution < -0.4 is 0 Å². The van der Waals surface area contributed by atoms with Gasteiger partial charge < -0.3 is 19.7 Å². The first-order valence-electron chi connectivity index (χ1n) is 8.16. The van der Waals surface area contributed by atoms with Gasteiger partial charge in [-0.2, -0.15) is 25.2 Å². The van der Waals surface area contributed by atoms with Crippen LogP contribution in [0, 0.1) is 5.41 Å². The normalized spacial score (nSPS) is 21.5. The molecule has 1 aliphatic rings. The molecule has 0 radical (unpaired) electrons. The van der Waals surface area contributed by atoms with Crippen molar-refractivity contribution in [2.75, 3.05) is 33.0 Å². The van der Waals surface area contributed by atoms with E-state index in [1.165, 1.54) is 0 Å². The third-order valence-corrected chi connectivity index (χ3v) is 5.80. The molecule has 0 spiro atoms. The lowest BCUT2D eigenvalue weighted by atomic mass is 9.87. The molecule has 0 aliphatic carbocycles. The Hall–Kier alpha value is -0.380. The summed E-state index contributed by atoms with van der Waals surface area (Å²) in [4.78, 5) is 0. The summed E-state index contributed by atoms with van der Waals surface area (Å²) in [5.41, 5.74) is -2.06. The Bertz CT molecular complexity index is 582. The van der Waals surface area contributed by atoms with Crippen molar-refractivity contribution >= 4 is 20.8 Å². The molecule has 2 N–H and O–H groups in total. The molecule has 1 rings (SSSR count). The molecule has 0 aromatic heterocycles. The van der Waals surface area contributed by atoms with Gasteiger partial charge in [0.05, 0.1) is 19.8 Å². The zero-order valence-electron chi connectivity index (χ0n) is 14.7. The third-order valence-electron chi connectivity index (χ3n) is 3.61. The summed E-state index contributed by atoms with van der Waals surface area (Å²) >= 11 is 0. The number of unbranched alkanes of at least 4 members (excludes halogenated alkanes) is 2. The maximum absolute atomic E-state index is 11.6. The molecule has 1 aliphatic heterocycles. The molecular weight excluding hydrogens is 396 g/mol. The lowest BCUT2D eigenvalue weighted by Crippen LogP contribution is -2.63. The minimum atomic E-state index is -5.15.